The largest absolute Gasteiger partial charge is 0.347 e. The number of hydrogen-bond acceptors (Lipinski definition) is 3. The Labute approximate surface area is 113 Å². The second-order valence-electron chi connectivity index (χ2n) is 4.72. The van der Waals surface area contributed by atoms with E-state index in [9.17, 15) is 4.79 Å². The highest BCUT2D eigenvalue weighted by Crippen LogP contribution is 2.26. The van der Waals surface area contributed by atoms with Gasteiger partial charge < -0.3 is 5.32 Å². The number of rotatable bonds is 6. The standard InChI is InChI=1S/C14H20N2OS/c1-4-6-11(9-15)14(17)16-13(10(2)3)12-7-5-8-18-12/h5,7-8,10-11,13H,4,6H2,1-3H3,(H,16,17). The van der Waals surface area contributed by atoms with E-state index in [2.05, 4.69) is 25.2 Å². The summed E-state index contributed by atoms with van der Waals surface area (Å²) in [6.07, 6.45) is 1.47. The zero-order valence-electron chi connectivity index (χ0n) is 11.1. The van der Waals surface area contributed by atoms with E-state index in [4.69, 9.17) is 5.26 Å². The third kappa shape index (κ3) is 3.85. The zero-order chi connectivity index (χ0) is 13.5. The number of carbonyl (C=O) groups excluding carboxylic acids is 1. The van der Waals surface area contributed by atoms with Gasteiger partial charge in [-0.05, 0) is 23.8 Å². The van der Waals surface area contributed by atoms with Gasteiger partial charge in [0.1, 0.15) is 5.92 Å². The fourth-order valence-electron chi connectivity index (χ4n) is 1.83. The van der Waals surface area contributed by atoms with Crippen LogP contribution in [0.25, 0.3) is 0 Å². The van der Waals surface area contributed by atoms with Crippen molar-refractivity contribution in [1.29, 1.82) is 5.26 Å². The normalized spacial score (nSPS) is 13.9. The number of nitrogens with zero attached hydrogens (tertiary/aromatic N) is 1. The highest BCUT2D eigenvalue weighted by molar-refractivity contribution is 7.10. The van der Waals surface area contributed by atoms with E-state index >= 15 is 0 Å². The van der Waals surface area contributed by atoms with Crippen molar-refractivity contribution >= 4 is 17.2 Å². The average molecular weight is 264 g/mol. The third-order valence-electron chi connectivity index (χ3n) is 2.86. The van der Waals surface area contributed by atoms with Crippen LogP contribution >= 0.6 is 11.3 Å². The molecule has 2 unspecified atom stereocenters. The third-order valence-corrected chi connectivity index (χ3v) is 3.82. The lowest BCUT2D eigenvalue weighted by Crippen LogP contribution is -2.35. The predicted octanol–water partition coefficient (Wildman–Crippen LogP) is 3.50. The summed E-state index contributed by atoms with van der Waals surface area (Å²) in [4.78, 5) is 13.2. The Bertz CT molecular complexity index is 406. The van der Waals surface area contributed by atoms with E-state index in [0.717, 1.165) is 11.3 Å². The maximum absolute atomic E-state index is 12.0. The first-order valence-corrected chi connectivity index (χ1v) is 7.21. The van der Waals surface area contributed by atoms with Gasteiger partial charge in [0.05, 0.1) is 12.1 Å². The lowest BCUT2D eigenvalue weighted by Gasteiger charge is -2.22. The molecule has 0 aliphatic rings. The molecular weight excluding hydrogens is 244 g/mol. The summed E-state index contributed by atoms with van der Waals surface area (Å²) in [5, 5.41) is 14.0. The quantitative estimate of drug-likeness (QED) is 0.855. The molecule has 2 atom stereocenters. The second-order valence-corrected chi connectivity index (χ2v) is 5.70. The molecule has 1 aromatic rings. The fourth-order valence-corrected chi connectivity index (χ4v) is 2.78. The molecule has 0 saturated heterocycles. The van der Waals surface area contributed by atoms with Gasteiger partial charge in [-0.15, -0.1) is 11.3 Å². The van der Waals surface area contributed by atoms with Crippen LogP contribution in [0.2, 0.25) is 0 Å². The number of amides is 1. The Kier molecular flexibility index (Phi) is 5.87. The van der Waals surface area contributed by atoms with Crippen LogP contribution in [0, 0.1) is 23.2 Å². The van der Waals surface area contributed by atoms with Crippen molar-refractivity contribution in [2.75, 3.05) is 0 Å². The molecule has 0 fully saturated rings. The SMILES string of the molecule is CCCC(C#N)C(=O)NC(c1cccs1)C(C)C. The lowest BCUT2D eigenvalue weighted by molar-refractivity contribution is -0.124. The van der Waals surface area contributed by atoms with Crippen molar-refractivity contribution in [3.8, 4) is 6.07 Å². The van der Waals surface area contributed by atoms with E-state index in [1.807, 2.05) is 24.4 Å². The van der Waals surface area contributed by atoms with Crippen molar-refractivity contribution in [3.05, 3.63) is 22.4 Å². The van der Waals surface area contributed by atoms with Crippen molar-refractivity contribution in [3.63, 3.8) is 0 Å². The summed E-state index contributed by atoms with van der Waals surface area (Å²) in [5.41, 5.74) is 0. The molecule has 0 aliphatic heterocycles. The maximum atomic E-state index is 12.0. The summed E-state index contributed by atoms with van der Waals surface area (Å²) < 4.78 is 0. The second kappa shape index (κ2) is 7.17. The minimum atomic E-state index is -0.531. The van der Waals surface area contributed by atoms with Gasteiger partial charge in [0.2, 0.25) is 5.91 Å². The van der Waals surface area contributed by atoms with Crippen LogP contribution in [0.1, 0.15) is 44.5 Å². The summed E-state index contributed by atoms with van der Waals surface area (Å²) in [7, 11) is 0. The summed E-state index contributed by atoms with van der Waals surface area (Å²) >= 11 is 1.64. The van der Waals surface area contributed by atoms with E-state index < -0.39 is 5.92 Å². The molecule has 0 spiro atoms. The van der Waals surface area contributed by atoms with Crippen LogP contribution in [0.5, 0.6) is 0 Å². The van der Waals surface area contributed by atoms with E-state index in [0.29, 0.717) is 12.3 Å². The summed E-state index contributed by atoms with van der Waals surface area (Å²) in [6, 6.07) is 6.09. The van der Waals surface area contributed by atoms with Gasteiger partial charge in [-0.25, -0.2) is 0 Å². The Morgan fingerprint density at radius 2 is 2.28 bits per heavy atom. The Morgan fingerprint density at radius 3 is 2.72 bits per heavy atom. The van der Waals surface area contributed by atoms with Crippen LogP contribution in [0.3, 0.4) is 0 Å². The molecule has 3 nitrogen and oxygen atoms in total. The summed E-state index contributed by atoms with van der Waals surface area (Å²) in [5.74, 6) is -0.365. The van der Waals surface area contributed by atoms with Gasteiger partial charge in [0.25, 0.3) is 0 Å². The molecule has 1 rings (SSSR count). The first-order valence-electron chi connectivity index (χ1n) is 6.33. The van der Waals surface area contributed by atoms with Gasteiger partial charge in [-0.3, -0.25) is 4.79 Å². The van der Waals surface area contributed by atoms with Crippen LogP contribution in [-0.4, -0.2) is 5.91 Å². The Balaban J connectivity index is 2.73. The number of nitriles is 1. The minimum absolute atomic E-state index is 0.00482. The molecule has 0 aliphatic carbocycles. The first kappa shape index (κ1) is 14.7. The molecule has 1 amide bonds. The van der Waals surface area contributed by atoms with E-state index in [1.165, 1.54) is 0 Å². The van der Waals surface area contributed by atoms with E-state index in [-0.39, 0.29) is 11.9 Å². The van der Waals surface area contributed by atoms with Crippen molar-refractivity contribution < 1.29 is 4.79 Å². The molecular formula is C14H20N2OS. The topological polar surface area (TPSA) is 52.9 Å². The molecule has 0 aromatic carbocycles. The van der Waals surface area contributed by atoms with Gasteiger partial charge in [-0.2, -0.15) is 5.26 Å². The molecule has 4 heteroatoms. The van der Waals surface area contributed by atoms with Crippen LogP contribution < -0.4 is 5.32 Å². The van der Waals surface area contributed by atoms with E-state index in [1.54, 1.807) is 11.3 Å². The van der Waals surface area contributed by atoms with Crippen LogP contribution in [-0.2, 0) is 4.79 Å². The molecule has 0 bridgehead atoms. The van der Waals surface area contributed by atoms with Gasteiger partial charge in [0, 0.05) is 4.88 Å². The Hall–Kier alpha value is -1.34. The monoisotopic (exact) mass is 264 g/mol. The highest BCUT2D eigenvalue weighted by atomic mass is 32.1. The molecule has 18 heavy (non-hydrogen) atoms. The number of nitrogens with one attached hydrogen (secondary N) is 1. The predicted molar refractivity (Wildman–Crippen MR) is 74.1 cm³/mol. The smallest absolute Gasteiger partial charge is 0.237 e. The molecule has 1 aromatic heterocycles. The van der Waals surface area contributed by atoms with Gasteiger partial charge in [0.15, 0.2) is 0 Å². The molecule has 1 heterocycles. The highest BCUT2D eigenvalue weighted by Gasteiger charge is 2.23. The van der Waals surface area contributed by atoms with Crippen LogP contribution in [0.15, 0.2) is 17.5 Å². The van der Waals surface area contributed by atoms with Crippen LogP contribution in [0.4, 0.5) is 0 Å². The fraction of sp³-hybridized carbons (Fsp3) is 0.571. The summed E-state index contributed by atoms with van der Waals surface area (Å²) in [6.45, 7) is 6.13. The zero-order valence-corrected chi connectivity index (χ0v) is 12.0. The molecule has 0 radical (unpaired) electrons. The molecule has 1 N–H and O–H groups in total. The minimum Gasteiger partial charge on any atom is -0.347 e. The number of hydrogen-bond donors (Lipinski definition) is 1. The average Bonchev–Trinajstić information content (AvgIpc) is 2.85. The maximum Gasteiger partial charge on any atom is 0.237 e. The molecule has 0 saturated carbocycles. The van der Waals surface area contributed by atoms with Gasteiger partial charge >= 0.3 is 0 Å². The molecule has 98 valence electrons. The number of thiophene rings is 1. The van der Waals surface area contributed by atoms with Crippen molar-refractivity contribution in [1.82, 2.24) is 5.32 Å². The van der Waals surface area contributed by atoms with Crippen molar-refractivity contribution in [2.24, 2.45) is 11.8 Å². The first-order chi connectivity index (χ1) is 8.60. The van der Waals surface area contributed by atoms with Gasteiger partial charge in [-0.1, -0.05) is 33.3 Å². The Morgan fingerprint density at radius 1 is 1.56 bits per heavy atom. The lowest BCUT2D eigenvalue weighted by atomic mass is 9.99. The van der Waals surface area contributed by atoms with Crippen molar-refractivity contribution in [2.45, 2.75) is 39.7 Å². The number of carbonyl (C=O) groups is 1.